The maximum atomic E-state index is 4.89. The zero-order chi connectivity index (χ0) is 9.36. The van der Waals surface area contributed by atoms with E-state index in [2.05, 4.69) is 5.16 Å². The van der Waals surface area contributed by atoms with E-state index in [0.717, 1.165) is 0 Å². The molecule has 0 spiro atoms. The third kappa shape index (κ3) is 4.11. The van der Waals surface area contributed by atoms with Crippen molar-refractivity contribution >= 4 is 12.3 Å². The van der Waals surface area contributed by atoms with E-state index in [1.165, 1.54) is 5.56 Å². The first-order chi connectivity index (χ1) is 6.43. The summed E-state index contributed by atoms with van der Waals surface area (Å²) in [4.78, 5) is 4.89. The first-order valence-corrected chi connectivity index (χ1v) is 4.25. The summed E-state index contributed by atoms with van der Waals surface area (Å²) in [6.45, 7) is 2.33. The molecule has 1 aromatic rings. The third-order valence-electron chi connectivity index (χ3n) is 1.46. The van der Waals surface area contributed by atoms with Gasteiger partial charge in [-0.2, -0.15) is 0 Å². The molecule has 0 bridgehead atoms. The smallest absolute Gasteiger partial charge is 0.135 e. The van der Waals surface area contributed by atoms with Gasteiger partial charge in [-0.3, -0.25) is 0 Å². The van der Waals surface area contributed by atoms with Crippen LogP contribution >= 0.6 is 0 Å². The number of hydrogen-bond donors (Lipinski definition) is 0. The van der Waals surface area contributed by atoms with Crippen molar-refractivity contribution in [3.8, 4) is 0 Å². The maximum Gasteiger partial charge on any atom is 0.135 e. The summed E-state index contributed by atoms with van der Waals surface area (Å²) in [5.74, 6) is 0. The fourth-order valence-electron chi connectivity index (χ4n) is 0.909. The summed E-state index contributed by atoms with van der Waals surface area (Å²) >= 11 is 0. The van der Waals surface area contributed by atoms with Gasteiger partial charge in [-0.15, -0.1) is 0 Å². The Bertz CT molecular complexity index is 277. The lowest BCUT2D eigenvalue weighted by molar-refractivity contribution is 0.176. The number of rotatable bonds is 4. The summed E-state index contributed by atoms with van der Waals surface area (Å²) < 4.78 is 0. The predicted molar refractivity (Wildman–Crippen MR) is 55.6 cm³/mol. The van der Waals surface area contributed by atoms with Crippen LogP contribution in [0.15, 0.2) is 41.6 Å². The van der Waals surface area contributed by atoms with Crippen LogP contribution in [0.1, 0.15) is 12.5 Å². The molecule has 13 heavy (non-hydrogen) atoms. The van der Waals surface area contributed by atoms with Gasteiger partial charge in [-0.25, -0.2) is 0 Å². The van der Waals surface area contributed by atoms with Crippen LogP contribution in [-0.4, -0.2) is 12.8 Å². The van der Waals surface area contributed by atoms with Crippen LogP contribution in [0.25, 0.3) is 6.08 Å². The molecule has 0 aromatic heterocycles. The molecule has 0 heterocycles. The zero-order valence-electron chi connectivity index (χ0n) is 7.68. The molecular formula is C11H13NO. The molecule has 0 saturated carbocycles. The normalized spacial score (nSPS) is 11.2. The average molecular weight is 175 g/mol. The Morgan fingerprint density at radius 3 is 2.77 bits per heavy atom. The van der Waals surface area contributed by atoms with Gasteiger partial charge < -0.3 is 4.84 Å². The Balaban J connectivity index is 2.32. The quantitative estimate of drug-likeness (QED) is 0.391. The van der Waals surface area contributed by atoms with E-state index in [0.29, 0.717) is 6.61 Å². The average Bonchev–Trinajstić information content (AvgIpc) is 2.19. The van der Waals surface area contributed by atoms with Crippen LogP contribution < -0.4 is 0 Å². The molecular weight excluding hydrogens is 162 g/mol. The summed E-state index contributed by atoms with van der Waals surface area (Å²) in [6, 6.07) is 10.1. The summed E-state index contributed by atoms with van der Waals surface area (Å²) in [7, 11) is 0. The fraction of sp³-hybridized carbons (Fsp3) is 0.182. The van der Waals surface area contributed by atoms with Crippen LogP contribution in [0.5, 0.6) is 0 Å². The molecule has 68 valence electrons. The second-order valence-corrected chi connectivity index (χ2v) is 2.47. The molecule has 0 fully saturated rings. The molecule has 1 rings (SSSR count). The van der Waals surface area contributed by atoms with E-state index in [4.69, 9.17) is 4.84 Å². The maximum absolute atomic E-state index is 4.89. The monoisotopic (exact) mass is 175 g/mol. The first-order valence-electron chi connectivity index (χ1n) is 4.25. The van der Waals surface area contributed by atoms with E-state index < -0.39 is 0 Å². The third-order valence-corrected chi connectivity index (χ3v) is 1.46. The highest BCUT2D eigenvalue weighted by molar-refractivity contribution is 5.52. The van der Waals surface area contributed by atoms with Gasteiger partial charge in [0.05, 0.1) is 0 Å². The number of benzene rings is 1. The summed E-state index contributed by atoms with van der Waals surface area (Å²) in [5.41, 5.74) is 1.17. The van der Waals surface area contributed by atoms with Gasteiger partial charge >= 0.3 is 0 Å². The summed E-state index contributed by atoms with van der Waals surface area (Å²) in [6.07, 6.45) is 5.56. The minimum atomic E-state index is 0.513. The second-order valence-electron chi connectivity index (χ2n) is 2.47. The van der Waals surface area contributed by atoms with Gasteiger partial charge in [0.2, 0.25) is 0 Å². The Labute approximate surface area is 78.5 Å². The van der Waals surface area contributed by atoms with Crippen molar-refractivity contribution in [2.75, 3.05) is 6.61 Å². The predicted octanol–water partition coefficient (Wildman–Crippen LogP) is 2.72. The molecule has 2 nitrogen and oxygen atoms in total. The SMILES string of the molecule is CC=NOC/C=C/c1ccccc1. The lowest BCUT2D eigenvalue weighted by Crippen LogP contribution is -1.80. The number of oxime groups is 1. The molecule has 1 aromatic carbocycles. The lowest BCUT2D eigenvalue weighted by Gasteiger charge is -1.92. The topological polar surface area (TPSA) is 21.6 Å². The Kier molecular flexibility index (Phi) is 4.39. The van der Waals surface area contributed by atoms with Crippen molar-refractivity contribution in [3.05, 3.63) is 42.0 Å². The minimum absolute atomic E-state index is 0.513. The van der Waals surface area contributed by atoms with Crippen molar-refractivity contribution in [3.63, 3.8) is 0 Å². The molecule has 0 N–H and O–H groups in total. The van der Waals surface area contributed by atoms with Crippen LogP contribution in [-0.2, 0) is 4.84 Å². The largest absolute Gasteiger partial charge is 0.392 e. The molecule has 0 saturated heterocycles. The molecule has 0 aliphatic carbocycles. The number of hydrogen-bond acceptors (Lipinski definition) is 2. The minimum Gasteiger partial charge on any atom is -0.392 e. The molecule has 0 aliphatic heterocycles. The molecule has 0 unspecified atom stereocenters. The highest BCUT2D eigenvalue weighted by Crippen LogP contribution is 2.00. The molecule has 0 amide bonds. The van der Waals surface area contributed by atoms with Gasteiger partial charge in [0.1, 0.15) is 6.61 Å². The van der Waals surface area contributed by atoms with Crippen molar-refractivity contribution in [1.82, 2.24) is 0 Å². The standard InChI is InChI=1S/C11H13NO/c1-2-12-13-10-6-9-11-7-4-3-5-8-11/h2-9H,10H2,1H3/b9-6+,12-2?. The van der Waals surface area contributed by atoms with E-state index >= 15 is 0 Å². The lowest BCUT2D eigenvalue weighted by atomic mass is 10.2. The number of nitrogens with zero attached hydrogens (tertiary/aromatic N) is 1. The van der Waals surface area contributed by atoms with Crippen molar-refractivity contribution in [1.29, 1.82) is 0 Å². The Morgan fingerprint density at radius 2 is 2.08 bits per heavy atom. The van der Waals surface area contributed by atoms with Gasteiger partial charge in [0.15, 0.2) is 0 Å². The van der Waals surface area contributed by atoms with E-state index in [1.807, 2.05) is 49.4 Å². The van der Waals surface area contributed by atoms with Crippen LogP contribution in [0.2, 0.25) is 0 Å². The van der Waals surface area contributed by atoms with Gasteiger partial charge in [-0.05, 0) is 18.6 Å². The van der Waals surface area contributed by atoms with E-state index in [1.54, 1.807) is 6.21 Å². The van der Waals surface area contributed by atoms with Gasteiger partial charge in [0.25, 0.3) is 0 Å². The highest BCUT2D eigenvalue weighted by atomic mass is 16.6. The fourth-order valence-corrected chi connectivity index (χ4v) is 0.909. The molecule has 2 heteroatoms. The molecule has 0 atom stereocenters. The van der Waals surface area contributed by atoms with Crippen molar-refractivity contribution < 1.29 is 4.84 Å². The van der Waals surface area contributed by atoms with Crippen LogP contribution in [0, 0.1) is 0 Å². The molecule has 0 aliphatic rings. The first kappa shape index (κ1) is 9.52. The second kappa shape index (κ2) is 6.00. The van der Waals surface area contributed by atoms with Gasteiger partial charge in [0, 0.05) is 6.21 Å². The zero-order valence-corrected chi connectivity index (χ0v) is 7.68. The van der Waals surface area contributed by atoms with Crippen LogP contribution in [0.4, 0.5) is 0 Å². The molecule has 0 radical (unpaired) electrons. The van der Waals surface area contributed by atoms with Crippen LogP contribution in [0.3, 0.4) is 0 Å². The van der Waals surface area contributed by atoms with E-state index in [9.17, 15) is 0 Å². The van der Waals surface area contributed by atoms with E-state index in [-0.39, 0.29) is 0 Å². The van der Waals surface area contributed by atoms with Crippen molar-refractivity contribution in [2.24, 2.45) is 5.16 Å². The Hall–Kier alpha value is -1.57. The highest BCUT2D eigenvalue weighted by Gasteiger charge is 1.81. The summed E-state index contributed by atoms with van der Waals surface area (Å²) in [5, 5.41) is 3.63. The Morgan fingerprint density at radius 1 is 1.31 bits per heavy atom. The van der Waals surface area contributed by atoms with Gasteiger partial charge in [-0.1, -0.05) is 41.6 Å². The van der Waals surface area contributed by atoms with Crippen molar-refractivity contribution in [2.45, 2.75) is 6.92 Å².